The van der Waals surface area contributed by atoms with Gasteiger partial charge >= 0.3 is 0 Å². The van der Waals surface area contributed by atoms with Gasteiger partial charge in [-0.25, -0.2) is 0 Å². The maximum Gasteiger partial charge on any atom is 0.184 e. The molecule has 0 fully saturated rings. The molecule has 19 heavy (non-hydrogen) atoms. The summed E-state index contributed by atoms with van der Waals surface area (Å²) in [7, 11) is 0. The fraction of sp³-hybridized carbons (Fsp3) is 0.0667. The van der Waals surface area contributed by atoms with Crippen LogP contribution in [-0.4, -0.2) is 5.11 Å². The minimum absolute atomic E-state index is 0.318. The second-order valence-corrected chi connectivity index (χ2v) is 4.81. The van der Waals surface area contributed by atoms with E-state index in [1.807, 2.05) is 6.07 Å². The number of rotatable bonds is 1. The van der Waals surface area contributed by atoms with E-state index in [1.54, 1.807) is 6.19 Å². The molecule has 0 unspecified atom stereocenters. The molecule has 0 aliphatic heterocycles. The molecule has 0 heterocycles. The van der Waals surface area contributed by atoms with Gasteiger partial charge in [0, 0.05) is 5.69 Å². The van der Waals surface area contributed by atoms with Crippen molar-refractivity contribution in [2.75, 3.05) is 5.32 Å². The Labute approximate surface area is 116 Å². The van der Waals surface area contributed by atoms with Gasteiger partial charge in [-0.05, 0) is 53.0 Å². The molecule has 92 valence electrons. The van der Waals surface area contributed by atoms with E-state index in [-0.39, 0.29) is 0 Å². The first-order valence-corrected chi connectivity index (χ1v) is 6.36. The van der Waals surface area contributed by atoms with Gasteiger partial charge in [-0.1, -0.05) is 30.3 Å². The highest BCUT2D eigenvalue weighted by molar-refractivity contribution is 7.80. The monoisotopic (exact) mass is 265 g/mol. The zero-order valence-corrected chi connectivity index (χ0v) is 10.9. The third kappa shape index (κ3) is 2.16. The fourth-order valence-corrected chi connectivity index (χ4v) is 2.60. The second-order valence-electron chi connectivity index (χ2n) is 4.40. The predicted molar refractivity (Wildman–Crippen MR) is 79.7 cm³/mol. The summed E-state index contributed by atoms with van der Waals surface area (Å²) in [6, 6.07) is 14.6. The number of nitrogens with one attached hydrogen (secondary N) is 2. The van der Waals surface area contributed by atoms with Crippen molar-refractivity contribution in [3.05, 3.63) is 53.6 Å². The molecule has 2 aromatic carbocycles. The molecule has 0 atom stereocenters. The highest BCUT2D eigenvalue weighted by atomic mass is 32.1. The van der Waals surface area contributed by atoms with E-state index >= 15 is 0 Å². The van der Waals surface area contributed by atoms with Crippen LogP contribution in [-0.2, 0) is 6.42 Å². The molecule has 1 aliphatic rings. The van der Waals surface area contributed by atoms with Gasteiger partial charge in [0.15, 0.2) is 11.3 Å². The van der Waals surface area contributed by atoms with E-state index in [9.17, 15) is 0 Å². The Bertz CT molecular complexity index is 701. The zero-order chi connectivity index (χ0) is 13.2. The standard InChI is InChI=1S/C15H11N3S/c16-9-17-15(19)18-12-5-6-14-11(8-12)7-10-3-1-2-4-13(10)14/h1-6,8H,7H2,(H2,17,18,19). The van der Waals surface area contributed by atoms with E-state index in [4.69, 9.17) is 17.5 Å². The van der Waals surface area contributed by atoms with Crippen molar-refractivity contribution in [1.82, 2.24) is 5.32 Å². The van der Waals surface area contributed by atoms with Crippen LogP contribution in [0, 0.1) is 11.5 Å². The molecule has 2 aromatic rings. The lowest BCUT2D eigenvalue weighted by Gasteiger charge is -2.08. The van der Waals surface area contributed by atoms with Gasteiger partial charge in [-0.15, -0.1) is 0 Å². The zero-order valence-electron chi connectivity index (χ0n) is 10.1. The Hall–Kier alpha value is -2.38. The maximum atomic E-state index is 8.50. The molecule has 3 nitrogen and oxygen atoms in total. The highest BCUT2D eigenvalue weighted by Crippen LogP contribution is 2.37. The molecule has 0 radical (unpaired) electrons. The van der Waals surface area contributed by atoms with Crippen LogP contribution in [0.15, 0.2) is 42.5 Å². The third-order valence-electron chi connectivity index (χ3n) is 3.22. The first-order chi connectivity index (χ1) is 9.28. The number of fused-ring (bicyclic) bond motifs is 3. The molecule has 0 bridgehead atoms. The first kappa shape index (κ1) is 11.7. The Kier molecular flexibility index (Phi) is 2.90. The van der Waals surface area contributed by atoms with E-state index in [0.717, 1.165) is 12.1 Å². The molecular weight excluding hydrogens is 254 g/mol. The Morgan fingerprint density at radius 2 is 1.89 bits per heavy atom. The number of hydrogen-bond acceptors (Lipinski definition) is 2. The van der Waals surface area contributed by atoms with Gasteiger partial charge in [0.2, 0.25) is 0 Å². The lowest BCUT2D eigenvalue weighted by atomic mass is 10.1. The topological polar surface area (TPSA) is 47.9 Å². The first-order valence-electron chi connectivity index (χ1n) is 5.95. The predicted octanol–water partition coefficient (Wildman–Crippen LogP) is 3.03. The summed E-state index contributed by atoms with van der Waals surface area (Å²) in [5.74, 6) is 0. The Morgan fingerprint density at radius 3 is 2.74 bits per heavy atom. The lowest BCUT2D eigenvalue weighted by Crippen LogP contribution is -2.23. The van der Waals surface area contributed by atoms with E-state index in [2.05, 4.69) is 47.0 Å². The summed E-state index contributed by atoms with van der Waals surface area (Å²) in [5, 5.41) is 14.2. The number of hydrogen-bond donors (Lipinski definition) is 2. The number of nitrogens with zero attached hydrogens (tertiary/aromatic N) is 1. The quantitative estimate of drug-likeness (QED) is 0.403. The van der Waals surface area contributed by atoms with Crippen LogP contribution in [0.1, 0.15) is 11.1 Å². The van der Waals surface area contributed by atoms with Crippen LogP contribution < -0.4 is 10.6 Å². The van der Waals surface area contributed by atoms with Crippen molar-refractivity contribution < 1.29 is 0 Å². The summed E-state index contributed by atoms with van der Waals surface area (Å²) < 4.78 is 0. The normalized spacial score (nSPS) is 11.1. The summed E-state index contributed by atoms with van der Waals surface area (Å²) in [6.45, 7) is 0. The van der Waals surface area contributed by atoms with Crippen LogP contribution >= 0.6 is 12.2 Å². The summed E-state index contributed by atoms with van der Waals surface area (Å²) >= 11 is 4.99. The number of thiocarbonyl (C=S) groups is 1. The molecular formula is C15H11N3S. The molecule has 0 aromatic heterocycles. The van der Waals surface area contributed by atoms with Gasteiger partial charge in [0.1, 0.15) is 0 Å². The van der Waals surface area contributed by atoms with Gasteiger partial charge in [0.25, 0.3) is 0 Å². The number of nitriles is 1. The van der Waals surface area contributed by atoms with Gasteiger partial charge in [-0.3, -0.25) is 5.32 Å². The lowest BCUT2D eigenvalue weighted by molar-refractivity contribution is 1.26. The van der Waals surface area contributed by atoms with Gasteiger partial charge in [-0.2, -0.15) is 5.26 Å². The van der Waals surface area contributed by atoms with Crippen molar-refractivity contribution >= 4 is 23.0 Å². The summed E-state index contributed by atoms with van der Waals surface area (Å²) in [4.78, 5) is 0. The molecule has 4 heteroatoms. The second kappa shape index (κ2) is 4.71. The van der Waals surface area contributed by atoms with Gasteiger partial charge < -0.3 is 5.32 Å². The van der Waals surface area contributed by atoms with Crippen LogP contribution in [0.25, 0.3) is 11.1 Å². The minimum atomic E-state index is 0.318. The van der Waals surface area contributed by atoms with Gasteiger partial charge in [0.05, 0.1) is 0 Å². The largest absolute Gasteiger partial charge is 0.332 e. The molecule has 0 amide bonds. The van der Waals surface area contributed by atoms with Crippen molar-refractivity contribution in [2.45, 2.75) is 6.42 Å². The van der Waals surface area contributed by atoms with Crippen molar-refractivity contribution in [3.8, 4) is 17.3 Å². The fourth-order valence-electron chi connectivity index (χ4n) is 2.44. The molecule has 3 rings (SSSR count). The maximum absolute atomic E-state index is 8.50. The minimum Gasteiger partial charge on any atom is -0.332 e. The molecule has 0 saturated heterocycles. The SMILES string of the molecule is N#CNC(=S)Nc1ccc2c(c1)Cc1ccccc1-2. The van der Waals surface area contributed by atoms with Crippen LogP contribution in [0.3, 0.4) is 0 Å². The van der Waals surface area contributed by atoms with Crippen molar-refractivity contribution in [3.63, 3.8) is 0 Å². The third-order valence-corrected chi connectivity index (χ3v) is 3.43. The van der Waals surface area contributed by atoms with Crippen molar-refractivity contribution in [2.24, 2.45) is 0 Å². The Balaban J connectivity index is 1.90. The van der Waals surface area contributed by atoms with E-state index in [0.29, 0.717) is 5.11 Å². The molecule has 0 spiro atoms. The van der Waals surface area contributed by atoms with E-state index in [1.165, 1.54) is 22.3 Å². The molecule has 0 saturated carbocycles. The van der Waals surface area contributed by atoms with E-state index < -0.39 is 0 Å². The summed E-state index contributed by atoms with van der Waals surface area (Å²) in [6.07, 6.45) is 2.74. The van der Waals surface area contributed by atoms with Crippen molar-refractivity contribution in [1.29, 1.82) is 5.26 Å². The average molecular weight is 265 g/mol. The van der Waals surface area contributed by atoms with Crippen LogP contribution in [0.5, 0.6) is 0 Å². The van der Waals surface area contributed by atoms with Crippen LogP contribution in [0.4, 0.5) is 5.69 Å². The van der Waals surface area contributed by atoms with Crippen LogP contribution in [0.2, 0.25) is 0 Å². The number of benzene rings is 2. The molecule has 2 N–H and O–H groups in total. The average Bonchev–Trinajstić information content (AvgIpc) is 2.76. The molecule has 1 aliphatic carbocycles. The Morgan fingerprint density at radius 1 is 1.11 bits per heavy atom. The summed E-state index contributed by atoms with van der Waals surface area (Å²) in [5.41, 5.74) is 6.12. The number of anilines is 1. The highest BCUT2D eigenvalue weighted by Gasteiger charge is 2.17. The smallest absolute Gasteiger partial charge is 0.184 e.